The number of rotatable bonds is 8. The van der Waals surface area contributed by atoms with E-state index in [9.17, 15) is 17.5 Å². The SMILES string of the molecule is CCS(=O)(=O)Nc1ccc(-c2cccn3nc(Nc4ccc(CN5CCS(O)(O)CC5)cc4)nc23)cc1. The molecule has 3 heterocycles. The monoisotopic (exact) mass is 542 g/mol. The molecule has 2 aromatic carbocycles. The largest absolute Gasteiger partial charge is 0.323 e. The van der Waals surface area contributed by atoms with Gasteiger partial charge in [0.2, 0.25) is 16.0 Å². The number of hydrogen-bond acceptors (Lipinski definition) is 8. The summed E-state index contributed by atoms with van der Waals surface area (Å²) >= 11 is 0. The summed E-state index contributed by atoms with van der Waals surface area (Å²) in [5.74, 6) is 1.36. The summed E-state index contributed by atoms with van der Waals surface area (Å²) in [6.45, 7) is 3.74. The molecular weight excluding hydrogens is 512 g/mol. The fraction of sp³-hybridized carbons (Fsp3) is 0.280. The third kappa shape index (κ3) is 6.22. The van der Waals surface area contributed by atoms with E-state index in [-0.39, 0.29) is 5.75 Å². The maximum Gasteiger partial charge on any atom is 0.247 e. The van der Waals surface area contributed by atoms with Gasteiger partial charge in [0.15, 0.2) is 5.65 Å². The van der Waals surface area contributed by atoms with Crippen molar-refractivity contribution in [1.29, 1.82) is 0 Å². The Kier molecular flexibility index (Phi) is 7.10. The Hall–Kier alpha value is -3.16. The van der Waals surface area contributed by atoms with Crippen LogP contribution in [0.3, 0.4) is 0 Å². The van der Waals surface area contributed by atoms with E-state index in [4.69, 9.17) is 0 Å². The van der Waals surface area contributed by atoms with Crippen LogP contribution in [0.5, 0.6) is 0 Å². The number of pyridine rings is 1. The lowest BCUT2D eigenvalue weighted by Gasteiger charge is -2.41. The molecular formula is C25H30N6O4S2. The van der Waals surface area contributed by atoms with E-state index < -0.39 is 20.6 Å². The van der Waals surface area contributed by atoms with Crippen LogP contribution in [0.25, 0.3) is 16.8 Å². The molecule has 0 radical (unpaired) electrons. The van der Waals surface area contributed by atoms with E-state index >= 15 is 0 Å². The second-order valence-electron chi connectivity index (χ2n) is 9.02. The van der Waals surface area contributed by atoms with E-state index in [1.807, 2.05) is 54.7 Å². The summed E-state index contributed by atoms with van der Waals surface area (Å²) in [5.41, 5.74) is 4.98. The second kappa shape index (κ2) is 10.3. The summed E-state index contributed by atoms with van der Waals surface area (Å²) in [7, 11) is -5.71. The van der Waals surface area contributed by atoms with Gasteiger partial charge in [0, 0.05) is 42.8 Å². The smallest absolute Gasteiger partial charge is 0.247 e. The number of sulfonamides is 1. The molecule has 0 spiro atoms. The predicted molar refractivity (Wildman–Crippen MR) is 149 cm³/mol. The van der Waals surface area contributed by atoms with Gasteiger partial charge in [-0.15, -0.1) is 5.10 Å². The first-order valence-corrected chi connectivity index (χ1v) is 15.5. The Bertz CT molecular complexity index is 1480. The summed E-state index contributed by atoms with van der Waals surface area (Å²) in [6.07, 6.45) is 1.83. The zero-order valence-electron chi connectivity index (χ0n) is 20.4. The van der Waals surface area contributed by atoms with Crippen molar-refractivity contribution in [2.45, 2.75) is 13.5 Å². The van der Waals surface area contributed by atoms with Crippen LogP contribution in [0.15, 0.2) is 66.9 Å². The molecule has 1 fully saturated rings. The molecule has 4 N–H and O–H groups in total. The van der Waals surface area contributed by atoms with E-state index in [1.54, 1.807) is 23.6 Å². The van der Waals surface area contributed by atoms with Gasteiger partial charge in [0.25, 0.3) is 0 Å². The molecule has 0 saturated carbocycles. The molecule has 0 amide bonds. The maximum atomic E-state index is 11.8. The van der Waals surface area contributed by atoms with Gasteiger partial charge in [0.05, 0.1) is 17.3 Å². The molecule has 2 aromatic heterocycles. The standard InChI is InChI=1S/C25H30N6O4S2/c1-2-37(34,35)29-22-11-7-20(8-12-22)23-4-3-13-31-24(23)27-25(28-31)26-21-9-5-19(6-10-21)18-30-14-16-36(32,33)17-15-30/h3-13,29,32-33H,2,14-18H2,1H3,(H,26,28). The number of hydrogen-bond donors (Lipinski definition) is 4. The van der Waals surface area contributed by atoms with Gasteiger partial charge in [0.1, 0.15) is 0 Å². The first kappa shape index (κ1) is 25.5. The topological polar surface area (TPSA) is 132 Å². The Labute approximate surface area is 217 Å². The molecule has 12 heteroatoms. The first-order chi connectivity index (χ1) is 17.7. The van der Waals surface area contributed by atoms with Gasteiger partial charge in [-0.3, -0.25) is 18.7 Å². The van der Waals surface area contributed by atoms with Crippen LogP contribution in [-0.2, 0) is 16.6 Å². The average molecular weight is 543 g/mol. The van der Waals surface area contributed by atoms with Crippen LogP contribution in [0.4, 0.5) is 17.3 Å². The van der Waals surface area contributed by atoms with Gasteiger partial charge in [-0.05, 0) is 54.4 Å². The van der Waals surface area contributed by atoms with Crippen molar-refractivity contribution in [1.82, 2.24) is 19.5 Å². The van der Waals surface area contributed by atoms with E-state index in [0.717, 1.165) is 28.9 Å². The highest BCUT2D eigenvalue weighted by molar-refractivity contribution is 8.24. The van der Waals surface area contributed by atoms with Crippen molar-refractivity contribution < 1.29 is 17.5 Å². The van der Waals surface area contributed by atoms with Crippen LogP contribution in [0, 0.1) is 0 Å². The number of aromatic nitrogens is 3. The Morgan fingerprint density at radius 1 is 0.973 bits per heavy atom. The van der Waals surface area contributed by atoms with Crippen molar-refractivity contribution in [2.75, 3.05) is 40.4 Å². The summed E-state index contributed by atoms with van der Waals surface area (Å²) in [6, 6.07) is 19.1. The zero-order valence-corrected chi connectivity index (χ0v) is 22.0. The number of benzene rings is 2. The van der Waals surface area contributed by atoms with Crippen LogP contribution in [0.2, 0.25) is 0 Å². The third-order valence-corrected chi connectivity index (χ3v) is 9.28. The lowest BCUT2D eigenvalue weighted by atomic mass is 10.1. The Morgan fingerprint density at radius 3 is 2.32 bits per heavy atom. The first-order valence-electron chi connectivity index (χ1n) is 12.0. The highest BCUT2D eigenvalue weighted by atomic mass is 32.3. The Morgan fingerprint density at radius 2 is 1.65 bits per heavy atom. The molecule has 4 aromatic rings. The highest BCUT2D eigenvalue weighted by Crippen LogP contribution is 2.40. The normalized spacial score (nSPS) is 16.9. The summed E-state index contributed by atoms with van der Waals surface area (Å²) in [4.78, 5) is 6.92. The minimum atomic E-state index is -3.33. The highest BCUT2D eigenvalue weighted by Gasteiger charge is 2.22. The molecule has 37 heavy (non-hydrogen) atoms. The van der Waals surface area contributed by atoms with Gasteiger partial charge in [-0.25, -0.2) is 12.9 Å². The fourth-order valence-corrected chi connectivity index (χ4v) is 6.10. The van der Waals surface area contributed by atoms with Gasteiger partial charge < -0.3 is 5.32 Å². The Balaban J connectivity index is 1.28. The molecule has 0 atom stereocenters. The van der Waals surface area contributed by atoms with Crippen molar-refractivity contribution >= 4 is 43.6 Å². The van der Waals surface area contributed by atoms with E-state index in [2.05, 4.69) is 25.0 Å². The molecule has 1 aliphatic heterocycles. The molecule has 0 unspecified atom stereocenters. The quantitative estimate of drug-likeness (QED) is 0.256. The molecule has 196 valence electrons. The molecule has 0 aliphatic carbocycles. The van der Waals surface area contributed by atoms with Gasteiger partial charge in [-0.2, -0.15) is 15.6 Å². The zero-order chi connectivity index (χ0) is 26.0. The predicted octanol–water partition coefficient (Wildman–Crippen LogP) is 4.47. The minimum Gasteiger partial charge on any atom is -0.323 e. The molecule has 0 bridgehead atoms. The molecule has 5 rings (SSSR count). The second-order valence-corrected chi connectivity index (χ2v) is 13.4. The van der Waals surface area contributed by atoms with Gasteiger partial charge >= 0.3 is 0 Å². The lowest BCUT2D eigenvalue weighted by Crippen LogP contribution is -2.37. The van der Waals surface area contributed by atoms with E-state index in [1.165, 1.54) is 0 Å². The minimum absolute atomic E-state index is 0.0152. The van der Waals surface area contributed by atoms with Crippen LogP contribution in [0.1, 0.15) is 12.5 Å². The fourth-order valence-electron chi connectivity index (χ4n) is 4.16. The summed E-state index contributed by atoms with van der Waals surface area (Å²) in [5, 5.41) is 7.81. The number of nitrogens with one attached hydrogen (secondary N) is 2. The average Bonchev–Trinajstić information content (AvgIpc) is 3.29. The van der Waals surface area contributed by atoms with Crippen molar-refractivity contribution in [3.63, 3.8) is 0 Å². The van der Waals surface area contributed by atoms with Crippen LogP contribution >= 0.6 is 10.6 Å². The van der Waals surface area contributed by atoms with Gasteiger partial charge in [-0.1, -0.05) is 24.3 Å². The lowest BCUT2D eigenvalue weighted by molar-refractivity contribution is 0.278. The molecule has 1 aliphatic rings. The third-order valence-electron chi connectivity index (χ3n) is 6.30. The van der Waals surface area contributed by atoms with Crippen LogP contribution < -0.4 is 10.0 Å². The molecule has 1 saturated heterocycles. The summed E-state index contributed by atoms with van der Waals surface area (Å²) < 4.78 is 47.5. The number of fused-ring (bicyclic) bond motifs is 1. The number of nitrogens with zero attached hydrogens (tertiary/aromatic N) is 4. The van der Waals surface area contributed by atoms with E-state index in [0.29, 0.717) is 41.9 Å². The van der Waals surface area contributed by atoms with Crippen molar-refractivity contribution in [3.8, 4) is 11.1 Å². The van der Waals surface area contributed by atoms with Crippen molar-refractivity contribution in [3.05, 3.63) is 72.4 Å². The number of anilines is 3. The maximum absolute atomic E-state index is 11.8. The van der Waals surface area contributed by atoms with Crippen molar-refractivity contribution in [2.24, 2.45) is 0 Å². The molecule has 10 nitrogen and oxygen atoms in total. The van der Waals surface area contributed by atoms with Crippen LogP contribution in [-0.4, -0.2) is 67.4 Å².